The van der Waals surface area contributed by atoms with Crippen molar-refractivity contribution < 1.29 is 9.47 Å². The number of ether oxygens (including phenoxy) is 2. The highest BCUT2D eigenvalue weighted by Gasteiger charge is 2.17. The Balaban J connectivity index is 2.58. The average Bonchev–Trinajstić information content (AvgIpc) is 2.48. The topological polar surface area (TPSA) is 52.8 Å². The minimum Gasteiger partial charge on any atom is -0.484 e. The molecule has 0 spiro atoms. The van der Waals surface area contributed by atoms with Gasteiger partial charge >= 0.3 is 5.56 Å². The molecule has 0 N–H and O–H groups in total. The predicted molar refractivity (Wildman–Crippen MR) is 86.9 cm³/mol. The Hall–Kier alpha value is -1.88. The van der Waals surface area contributed by atoms with Gasteiger partial charge in [0.15, 0.2) is 0 Å². The summed E-state index contributed by atoms with van der Waals surface area (Å²) in [5.41, 5.74) is 2.22. The van der Waals surface area contributed by atoms with Gasteiger partial charge in [-0.05, 0) is 23.5 Å². The molecular weight excluding hydrogens is 280 g/mol. The molecule has 2 heterocycles. The summed E-state index contributed by atoms with van der Waals surface area (Å²) >= 11 is 0. The van der Waals surface area contributed by atoms with Gasteiger partial charge in [0, 0.05) is 13.3 Å². The van der Waals surface area contributed by atoms with Gasteiger partial charge in [-0.3, -0.25) is 9.20 Å². The van der Waals surface area contributed by atoms with Gasteiger partial charge in [0.05, 0.1) is 12.3 Å². The van der Waals surface area contributed by atoms with Crippen molar-refractivity contribution in [2.75, 3.05) is 20.3 Å². The number of aryl methyl sites for hydroxylation is 1. The fourth-order valence-electron chi connectivity index (χ4n) is 2.22. The van der Waals surface area contributed by atoms with E-state index in [1.165, 1.54) is 0 Å². The van der Waals surface area contributed by atoms with Gasteiger partial charge in [-0.25, -0.2) is 4.98 Å². The maximum absolute atomic E-state index is 12.7. The molecule has 0 radical (unpaired) electrons. The second-order valence-electron chi connectivity index (χ2n) is 6.28. The lowest BCUT2D eigenvalue weighted by Crippen LogP contribution is -2.23. The second-order valence-corrected chi connectivity index (χ2v) is 6.28. The number of methoxy groups -OCH3 is 1. The lowest BCUT2D eigenvalue weighted by Gasteiger charge is -2.20. The molecule has 2 aromatic rings. The fourth-order valence-corrected chi connectivity index (χ4v) is 2.22. The summed E-state index contributed by atoms with van der Waals surface area (Å²) < 4.78 is 12.2. The predicted octanol–water partition coefficient (Wildman–Crippen LogP) is 2.58. The highest BCUT2D eigenvalue weighted by Crippen LogP contribution is 2.22. The lowest BCUT2D eigenvalue weighted by atomic mass is 9.88. The first-order valence-corrected chi connectivity index (χ1v) is 7.56. The van der Waals surface area contributed by atoms with Crippen LogP contribution in [0.2, 0.25) is 0 Å². The van der Waals surface area contributed by atoms with Crippen molar-refractivity contribution in [2.45, 2.75) is 39.5 Å². The Morgan fingerprint density at radius 3 is 2.55 bits per heavy atom. The van der Waals surface area contributed by atoms with E-state index in [1.807, 2.05) is 25.3 Å². The van der Waals surface area contributed by atoms with E-state index in [0.717, 1.165) is 5.56 Å². The van der Waals surface area contributed by atoms with Crippen molar-refractivity contribution in [3.63, 3.8) is 0 Å². The maximum Gasteiger partial charge on any atom is 0.300 e. The quantitative estimate of drug-likeness (QED) is 0.797. The van der Waals surface area contributed by atoms with Crippen LogP contribution in [0.25, 0.3) is 5.65 Å². The molecule has 0 aromatic carbocycles. The molecule has 2 rings (SSSR count). The maximum atomic E-state index is 12.7. The number of fused-ring (bicyclic) bond motifs is 1. The Morgan fingerprint density at radius 1 is 1.23 bits per heavy atom. The second kappa shape index (κ2) is 6.48. The van der Waals surface area contributed by atoms with Gasteiger partial charge in [0.25, 0.3) is 0 Å². The van der Waals surface area contributed by atoms with Crippen molar-refractivity contribution in [2.24, 2.45) is 0 Å². The Labute approximate surface area is 130 Å². The molecule has 0 aliphatic carbocycles. The van der Waals surface area contributed by atoms with Crippen LogP contribution in [-0.2, 0) is 16.6 Å². The van der Waals surface area contributed by atoms with Crippen LogP contribution in [0, 0.1) is 0 Å². The van der Waals surface area contributed by atoms with Crippen LogP contribution < -0.4 is 10.3 Å². The molecule has 0 atom stereocenters. The fraction of sp³-hybridized carbons (Fsp3) is 0.529. The minimum atomic E-state index is -0.163. The summed E-state index contributed by atoms with van der Waals surface area (Å²) in [5.74, 6) is 0.322. The molecule has 0 amide bonds. The number of hydrogen-bond donors (Lipinski definition) is 0. The minimum absolute atomic E-state index is 0.0336. The summed E-state index contributed by atoms with van der Waals surface area (Å²) in [6.07, 6.45) is 2.50. The van der Waals surface area contributed by atoms with Crippen LogP contribution in [0.5, 0.6) is 5.75 Å². The molecular formula is C17H24N2O3. The van der Waals surface area contributed by atoms with E-state index in [2.05, 4.69) is 25.8 Å². The van der Waals surface area contributed by atoms with Crippen molar-refractivity contribution in [1.82, 2.24) is 9.38 Å². The van der Waals surface area contributed by atoms with Gasteiger partial charge in [0.2, 0.25) is 5.75 Å². The van der Waals surface area contributed by atoms with Crippen LogP contribution in [0.3, 0.4) is 0 Å². The van der Waals surface area contributed by atoms with Gasteiger partial charge in [-0.1, -0.05) is 33.8 Å². The number of pyridine rings is 1. The van der Waals surface area contributed by atoms with Crippen LogP contribution in [-0.4, -0.2) is 29.7 Å². The smallest absolute Gasteiger partial charge is 0.300 e. The standard InChI is InChI=1S/C17H24N2O3/c1-6-13-15(22-10-9-21-5)16(20)19-11-12(17(2,3)4)7-8-14(19)18-13/h7-8,11H,6,9-10H2,1-5H3. The van der Waals surface area contributed by atoms with Crippen LogP contribution in [0.15, 0.2) is 23.1 Å². The van der Waals surface area contributed by atoms with Crippen LogP contribution in [0.1, 0.15) is 39.0 Å². The first-order chi connectivity index (χ1) is 10.4. The summed E-state index contributed by atoms with van der Waals surface area (Å²) in [6, 6.07) is 3.91. The Morgan fingerprint density at radius 2 is 1.95 bits per heavy atom. The van der Waals surface area contributed by atoms with Gasteiger partial charge < -0.3 is 9.47 Å². The lowest BCUT2D eigenvalue weighted by molar-refractivity contribution is 0.144. The summed E-state index contributed by atoms with van der Waals surface area (Å²) in [4.78, 5) is 17.3. The van der Waals surface area contributed by atoms with E-state index in [-0.39, 0.29) is 11.0 Å². The summed E-state index contributed by atoms with van der Waals surface area (Å²) in [6.45, 7) is 9.08. The van der Waals surface area contributed by atoms with E-state index in [1.54, 1.807) is 11.5 Å². The number of rotatable bonds is 5. The largest absolute Gasteiger partial charge is 0.484 e. The molecule has 5 heteroatoms. The number of nitrogens with zero attached hydrogens (tertiary/aromatic N) is 2. The van der Waals surface area contributed by atoms with Crippen molar-refractivity contribution in [3.05, 3.63) is 39.9 Å². The molecule has 2 aromatic heterocycles. The highest BCUT2D eigenvalue weighted by molar-refractivity contribution is 5.45. The van der Waals surface area contributed by atoms with E-state index < -0.39 is 0 Å². The summed E-state index contributed by atoms with van der Waals surface area (Å²) in [5, 5.41) is 0. The third kappa shape index (κ3) is 3.30. The highest BCUT2D eigenvalue weighted by atomic mass is 16.5. The van der Waals surface area contributed by atoms with Crippen LogP contribution >= 0.6 is 0 Å². The Bertz CT molecular complexity index is 714. The van der Waals surface area contributed by atoms with Crippen molar-refractivity contribution in [3.8, 4) is 5.75 Å². The monoisotopic (exact) mass is 304 g/mol. The molecule has 0 saturated carbocycles. The molecule has 5 nitrogen and oxygen atoms in total. The molecule has 0 aliphatic heterocycles. The van der Waals surface area contributed by atoms with E-state index in [4.69, 9.17) is 9.47 Å². The zero-order valence-corrected chi connectivity index (χ0v) is 14.0. The van der Waals surface area contributed by atoms with E-state index in [0.29, 0.717) is 36.7 Å². The van der Waals surface area contributed by atoms with E-state index in [9.17, 15) is 4.79 Å². The molecule has 22 heavy (non-hydrogen) atoms. The molecule has 0 fully saturated rings. The third-order valence-corrected chi connectivity index (χ3v) is 3.59. The average molecular weight is 304 g/mol. The molecule has 0 bridgehead atoms. The van der Waals surface area contributed by atoms with Gasteiger partial charge in [0.1, 0.15) is 12.3 Å². The van der Waals surface area contributed by atoms with Crippen LogP contribution in [0.4, 0.5) is 0 Å². The molecule has 0 unspecified atom stereocenters. The summed E-state index contributed by atoms with van der Waals surface area (Å²) in [7, 11) is 1.60. The molecule has 120 valence electrons. The zero-order valence-electron chi connectivity index (χ0n) is 14.0. The van der Waals surface area contributed by atoms with Crippen molar-refractivity contribution >= 4 is 5.65 Å². The van der Waals surface area contributed by atoms with Gasteiger partial charge in [-0.15, -0.1) is 0 Å². The van der Waals surface area contributed by atoms with E-state index >= 15 is 0 Å². The molecule has 0 saturated heterocycles. The number of aromatic nitrogens is 2. The third-order valence-electron chi connectivity index (χ3n) is 3.59. The number of hydrogen-bond acceptors (Lipinski definition) is 4. The first kappa shape index (κ1) is 16.5. The van der Waals surface area contributed by atoms with Gasteiger partial charge in [-0.2, -0.15) is 0 Å². The molecule has 0 aliphatic rings. The normalized spacial score (nSPS) is 11.9. The first-order valence-electron chi connectivity index (χ1n) is 7.56. The SMILES string of the molecule is CCc1nc2ccc(C(C)(C)C)cn2c(=O)c1OCCOC. The van der Waals surface area contributed by atoms with Crippen molar-refractivity contribution in [1.29, 1.82) is 0 Å². The Kier molecular flexibility index (Phi) is 4.86. The zero-order chi connectivity index (χ0) is 16.3.